The van der Waals surface area contributed by atoms with Gasteiger partial charge in [-0.05, 0) is 182 Å². The Morgan fingerprint density at radius 3 is 1.25 bits per heavy atom. The number of aliphatic imine (C=N–C) groups is 1. The number of unbranched alkanes of at least 4 members (excludes halogenated alkanes) is 4. The van der Waals surface area contributed by atoms with Crippen molar-refractivity contribution in [2.75, 3.05) is 44.7 Å². The molecule has 2 aromatic carbocycles. The second-order valence-electron chi connectivity index (χ2n) is 30.1. The van der Waals surface area contributed by atoms with Gasteiger partial charge in [-0.3, -0.25) is 57.7 Å². The summed E-state index contributed by atoms with van der Waals surface area (Å²) in [4.78, 5) is 188. The molecule has 0 aliphatic heterocycles. The SMILES string of the molecule is CC[C@H](C)[C@H](NC(=O)[C@H](CCCCN)NC(=O)[C@H](Cc1c[nH]c2ccccc12)NC(=O)[C@H](CCCCN)NC(=O)[C@H](CC(C)C)NC(=O)[C@H](Cc1cnc[nH]1)NC(=O)[C@H](CCCN=C(N)N)NC(=O)[C@H](CCCCN)NC(=O)[C@H](Cc1ccccc1)NC(=O)[C@H](CC(C)C)NC(=O)[C@H](CCCCN)NC(=O)[C@@H](N)CCSC)C(=O)O. The smallest absolute Gasteiger partial charge is 0.326 e. The summed E-state index contributed by atoms with van der Waals surface area (Å²) in [5.41, 5.74) is 43.5. The number of aromatic amines is 2. The van der Waals surface area contributed by atoms with Crippen molar-refractivity contribution in [3.63, 3.8) is 0 Å². The summed E-state index contributed by atoms with van der Waals surface area (Å²) in [6.45, 7) is 11.8. The fourth-order valence-electron chi connectivity index (χ4n) is 12.9. The number of carboxylic acid groups (broad SMARTS) is 1. The summed E-state index contributed by atoms with van der Waals surface area (Å²) in [7, 11) is 0. The maximum absolute atomic E-state index is 15.1. The molecule has 0 unspecified atom stereocenters. The Hall–Kier alpha value is -9.75. The molecule has 13 atom stereocenters. The van der Waals surface area contributed by atoms with Crippen LogP contribution in [-0.4, -0.2) is 214 Å². The third kappa shape index (κ3) is 35.9. The highest BCUT2D eigenvalue weighted by molar-refractivity contribution is 7.98. The minimum Gasteiger partial charge on any atom is -0.480 e. The lowest BCUT2D eigenvalue weighted by Crippen LogP contribution is -2.61. The van der Waals surface area contributed by atoms with E-state index in [-0.39, 0.29) is 115 Å². The van der Waals surface area contributed by atoms with Crippen molar-refractivity contribution in [3.05, 3.63) is 90.1 Å². The van der Waals surface area contributed by atoms with Gasteiger partial charge in [-0.1, -0.05) is 96.5 Å². The van der Waals surface area contributed by atoms with Gasteiger partial charge in [0.2, 0.25) is 65.0 Å². The Morgan fingerprint density at radius 2 is 0.843 bits per heavy atom. The summed E-state index contributed by atoms with van der Waals surface area (Å²) < 4.78 is 0. The number of rotatable bonds is 58. The lowest BCUT2D eigenvalue weighted by molar-refractivity contribution is -0.144. The van der Waals surface area contributed by atoms with Crippen molar-refractivity contribution < 1.29 is 62.6 Å². The third-order valence-electron chi connectivity index (χ3n) is 19.6. The number of para-hydroxylation sites is 1. The molecule has 35 nitrogen and oxygen atoms in total. The number of nitrogens with zero attached hydrogens (tertiary/aromatic N) is 2. The maximum Gasteiger partial charge on any atom is 0.326 e. The summed E-state index contributed by atoms with van der Waals surface area (Å²) in [5.74, 6) is -10.3. The van der Waals surface area contributed by atoms with Crippen LogP contribution in [-0.2, 0) is 76.8 Å². The van der Waals surface area contributed by atoms with Gasteiger partial charge in [-0.2, -0.15) is 11.8 Å². The molecule has 0 fully saturated rings. The number of carboxylic acids is 1. The molecule has 0 aliphatic rings. The Labute approximate surface area is 679 Å². The number of carbonyl (C=O) groups is 12. The summed E-state index contributed by atoms with van der Waals surface area (Å²) in [6.07, 6.45) is 10.4. The highest BCUT2D eigenvalue weighted by atomic mass is 32.2. The number of guanidine groups is 1. The van der Waals surface area contributed by atoms with E-state index in [9.17, 15) is 48.3 Å². The fourth-order valence-corrected chi connectivity index (χ4v) is 13.4. The molecule has 0 spiro atoms. The lowest BCUT2D eigenvalue weighted by Gasteiger charge is -2.29. The van der Waals surface area contributed by atoms with Crippen molar-refractivity contribution in [1.82, 2.24) is 73.4 Å². The highest BCUT2D eigenvalue weighted by Gasteiger charge is 2.38. The predicted molar refractivity (Wildman–Crippen MR) is 444 cm³/mol. The number of amides is 11. The minimum atomic E-state index is -1.51. The molecule has 640 valence electrons. The molecule has 4 aromatic rings. The second-order valence-corrected chi connectivity index (χ2v) is 31.1. The Bertz CT molecular complexity index is 3700. The normalized spacial score (nSPS) is 14.8. The molecule has 28 N–H and O–H groups in total. The summed E-state index contributed by atoms with van der Waals surface area (Å²) >= 11 is 1.52. The number of carbonyl (C=O) groups excluding carboxylic acids is 11. The number of hydrogen-bond donors (Lipinski definition) is 21. The molecule has 0 aliphatic carbocycles. The van der Waals surface area contributed by atoms with E-state index in [1.807, 2.05) is 38.3 Å². The van der Waals surface area contributed by atoms with Crippen LogP contribution in [0.4, 0.5) is 0 Å². The zero-order chi connectivity index (χ0) is 84.9. The van der Waals surface area contributed by atoms with Crippen molar-refractivity contribution >= 4 is 99.6 Å². The molecular weight excluding hydrogens is 1500 g/mol. The quantitative estimate of drug-likeness (QED) is 0.0159. The fraction of sp³-hybridized carbons (Fsp3) is 0.620. The van der Waals surface area contributed by atoms with Crippen molar-refractivity contribution in [3.8, 4) is 0 Å². The number of nitrogens with two attached hydrogens (primary N) is 7. The number of aliphatic carboxylic acids is 1. The van der Waals surface area contributed by atoms with E-state index in [1.54, 1.807) is 70.3 Å². The van der Waals surface area contributed by atoms with Gasteiger partial charge in [0.1, 0.15) is 66.5 Å². The van der Waals surface area contributed by atoms with E-state index in [0.717, 1.165) is 10.9 Å². The molecule has 11 amide bonds. The molecule has 0 saturated heterocycles. The number of aromatic nitrogens is 3. The van der Waals surface area contributed by atoms with Crippen molar-refractivity contribution in [2.45, 2.75) is 249 Å². The molecule has 36 heteroatoms. The van der Waals surface area contributed by atoms with Gasteiger partial charge in [0, 0.05) is 54.8 Å². The monoisotopic (exact) mass is 1630 g/mol. The van der Waals surface area contributed by atoms with Crippen LogP contribution in [0.1, 0.15) is 174 Å². The zero-order valence-electron chi connectivity index (χ0n) is 67.9. The molecular formula is C79H130N22O13S. The Kier molecular flexibility index (Phi) is 45.3. The largest absolute Gasteiger partial charge is 0.480 e. The van der Waals surface area contributed by atoms with Crippen LogP contribution in [0.5, 0.6) is 0 Å². The van der Waals surface area contributed by atoms with Gasteiger partial charge in [0.15, 0.2) is 5.96 Å². The third-order valence-corrected chi connectivity index (χ3v) is 20.2. The average Bonchev–Trinajstić information content (AvgIpc) is 1.71. The van der Waals surface area contributed by atoms with Crippen molar-refractivity contribution in [2.24, 2.45) is 62.9 Å². The topological polar surface area (TPSA) is 596 Å². The second kappa shape index (κ2) is 53.4. The maximum atomic E-state index is 15.1. The van der Waals surface area contributed by atoms with Crippen LogP contribution in [0, 0.1) is 17.8 Å². The number of benzene rings is 2. The van der Waals surface area contributed by atoms with Gasteiger partial charge < -0.3 is 114 Å². The van der Waals surface area contributed by atoms with Crippen LogP contribution in [0.3, 0.4) is 0 Å². The lowest BCUT2D eigenvalue weighted by atomic mass is 9.98. The highest BCUT2D eigenvalue weighted by Crippen LogP contribution is 2.21. The number of fused-ring (bicyclic) bond motifs is 1. The van der Waals surface area contributed by atoms with Crippen LogP contribution in [0.2, 0.25) is 0 Å². The first kappa shape index (κ1) is 97.6. The standard InChI is InChI=1S/C79H130N22O13S/c1-8-49(6)66(78(113)114)101-72(107)59(30-17-21-36-83)95-76(111)64(42-51-44-89-55-26-13-12-25-53(51)55)99-70(105)58(29-16-20-35-82)93-73(108)61(39-47(2)3)97-77(112)65(43-52-45-87-46-90-52)100-71(106)60(31-22-37-88-79(85)86)92-68(103)57(28-15-19-34-81)94-75(110)63(41-50-23-10-9-11-24-50)98-74(109)62(40-48(4)5)96-69(104)56(27-14-18-33-80)91-67(102)54(84)32-38-115-7/h9-13,23-26,44-49,54,56-66,89H,8,14-22,27-43,80-84H2,1-7H3,(H,87,90)(H,91,102)(H,92,103)(H,93,108)(H,94,110)(H,95,111)(H,96,104)(H,97,112)(H,98,109)(H,99,105)(H,100,106)(H,101,107)(H,113,114)(H4,85,86,88)/t49-,54-,56-,57-,58-,59-,60-,61-,62-,63-,64-,65-,66-/m0/s1. The van der Waals surface area contributed by atoms with E-state index in [2.05, 4.69) is 78.4 Å². The molecule has 2 heterocycles. The van der Waals surface area contributed by atoms with Gasteiger partial charge in [0.25, 0.3) is 0 Å². The molecule has 0 saturated carbocycles. The molecule has 0 radical (unpaired) electrons. The van der Waals surface area contributed by atoms with Crippen LogP contribution in [0.25, 0.3) is 10.9 Å². The van der Waals surface area contributed by atoms with Gasteiger partial charge >= 0.3 is 5.97 Å². The first-order valence-corrected chi connectivity index (χ1v) is 41.6. The molecule has 115 heavy (non-hydrogen) atoms. The van der Waals surface area contributed by atoms with E-state index in [0.29, 0.717) is 93.3 Å². The van der Waals surface area contributed by atoms with Crippen molar-refractivity contribution in [1.29, 1.82) is 0 Å². The van der Waals surface area contributed by atoms with E-state index in [1.165, 1.54) is 24.3 Å². The van der Waals surface area contributed by atoms with Gasteiger partial charge in [0.05, 0.1) is 12.4 Å². The van der Waals surface area contributed by atoms with E-state index < -0.39 is 149 Å². The van der Waals surface area contributed by atoms with E-state index in [4.69, 9.17) is 40.1 Å². The number of thioether (sulfide) groups is 1. The Morgan fingerprint density at radius 1 is 0.461 bits per heavy atom. The van der Waals surface area contributed by atoms with Crippen LogP contribution in [0.15, 0.2) is 78.3 Å². The number of hydrogen-bond acceptors (Lipinski definition) is 20. The molecule has 2 aromatic heterocycles. The van der Waals surface area contributed by atoms with Gasteiger partial charge in [-0.15, -0.1) is 0 Å². The number of imidazole rings is 1. The zero-order valence-corrected chi connectivity index (χ0v) is 68.7. The number of H-pyrrole nitrogens is 2. The van der Waals surface area contributed by atoms with Gasteiger partial charge in [-0.25, -0.2) is 9.78 Å². The van der Waals surface area contributed by atoms with Crippen LogP contribution < -0.4 is 98.6 Å². The molecule has 0 bridgehead atoms. The van der Waals surface area contributed by atoms with Crippen LogP contribution >= 0.6 is 11.8 Å². The minimum absolute atomic E-state index is 0.00249. The first-order chi connectivity index (χ1) is 55.0. The predicted octanol–water partition coefficient (Wildman–Crippen LogP) is 0.125. The van der Waals surface area contributed by atoms with E-state index >= 15 is 14.4 Å². The first-order valence-electron chi connectivity index (χ1n) is 40.2. The average molecular weight is 1630 g/mol. The Balaban J connectivity index is 1.71. The molecule has 4 rings (SSSR count). The summed E-state index contributed by atoms with van der Waals surface area (Å²) in [6, 6.07) is 0.471. The summed E-state index contributed by atoms with van der Waals surface area (Å²) in [5, 5.41) is 41.5. The number of nitrogens with one attached hydrogen (secondary N) is 13.